The molecule has 2 aliphatic rings. The van der Waals surface area contributed by atoms with Crippen LogP contribution in [0.1, 0.15) is 25.7 Å². The number of carbonyl (C=O) groups is 1. The lowest BCUT2D eigenvalue weighted by atomic mass is 9.91. The number of benzene rings is 1. The highest BCUT2D eigenvalue weighted by atomic mass is 16.3. The van der Waals surface area contributed by atoms with E-state index in [9.17, 15) is 14.7 Å². The van der Waals surface area contributed by atoms with Crippen molar-refractivity contribution in [2.24, 2.45) is 5.92 Å². The Balaban J connectivity index is 1.23. The first-order chi connectivity index (χ1) is 18.3. The molecule has 11 heteroatoms. The third kappa shape index (κ3) is 4.53. The molecule has 3 aromatic heterocycles. The van der Waals surface area contributed by atoms with Gasteiger partial charge in [0.15, 0.2) is 5.65 Å². The first-order valence-electron chi connectivity index (χ1n) is 12.9. The molecule has 0 bridgehead atoms. The van der Waals surface area contributed by atoms with Crippen LogP contribution in [0.3, 0.4) is 0 Å². The molecule has 1 amide bonds. The number of rotatable bonds is 6. The standard InChI is InChI=1S/C27H30N8O3/c1-32(2)26-28-13-20(14-29-26)19-4-3-5-21(12-19)35-23-22(15-31-35)25(37)34(17-30-23)16-27(38)8-10-33(11-9-27)24(36)18-6-7-18/h3-5,12-15,17-18,38H,6-11,16H2,1-2H3. The molecule has 0 atom stereocenters. The minimum atomic E-state index is -1.06. The van der Waals surface area contributed by atoms with Gasteiger partial charge < -0.3 is 14.9 Å². The van der Waals surface area contributed by atoms with Crippen LogP contribution in [0.2, 0.25) is 0 Å². The van der Waals surface area contributed by atoms with Crippen molar-refractivity contribution in [2.45, 2.75) is 37.8 Å². The quantitative estimate of drug-likeness (QED) is 0.414. The number of carbonyl (C=O) groups excluding carboxylic acids is 1. The fourth-order valence-electron chi connectivity index (χ4n) is 4.98. The molecule has 38 heavy (non-hydrogen) atoms. The van der Waals surface area contributed by atoms with Crippen molar-refractivity contribution in [3.05, 3.63) is 59.5 Å². The highest BCUT2D eigenvalue weighted by molar-refractivity contribution is 5.81. The van der Waals surface area contributed by atoms with E-state index in [-0.39, 0.29) is 23.9 Å². The number of aromatic nitrogens is 6. The average molecular weight is 515 g/mol. The summed E-state index contributed by atoms with van der Waals surface area (Å²) in [5.41, 5.74) is 1.66. The first kappa shape index (κ1) is 24.2. The van der Waals surface area contributed by atoms with E-state index in [0.29, 0.717) is 42.9 Å². The van der Waals surface area contributed by atoms with Crippen LogP contribution < -0.4 is 10.5 Å². The second-order valence-electron chi connectivity index (χ2n) is 10.5. The highest BCUT2D eigenvalue weighted by Crippen LogP contribution is 2.33. The van der Waals surface area contributed by atoms with Crippen molar-refractivity contribution >= 4 is 22.9 Å². The van der Waals surface area contributed by atoms with Gasteiger partial charge in [0.05, 0.1) is 24.0 Å². The Labute approximate surface area is 219 Å². The van der Waals surface area contributed by atoms with Crippen LogP contribution in [0.5, 0.6) is 0 Å². The largest absolute Gasteiger partial charge is 0.388 e. The van der Waals surface area contributed by atoms with Gasteiger partial charge in [-0.05, 0) is 43.4 Å². The van der Waals surface area contributed by atoms with E-state index >= 15 is 0 Å². The Morgan fingerprint density at radius 1 is 1.08 bits per heavy atom. The van der Waals surface area contributed by atoms with Crippen LogP contribution in [0, 0.1) is 5.92 Å². The van der Waals surface area contributed by atoms with Crippen LogP contribution in [0.15, 0.2) is 54.0 Å². The molecule has 11 nitrogen and oxygen atoms in total. The third-order valence-corrected chi connectivity index (χ3v) is 7.41. The summed E-state index contributed by atoms with van der Waals surface area (Å²) in [6.45, 7) is 1.14. The van der Waals surface area contributed by atoms with Gasteiger partial charge in [-0.25, -0.2) is 19.6 Å². The summed E-state index contributed by atoms with van der Waals surface area (Å²) in [5.74, 6) is 0.997. The molecule has 1 saturated carbocycles. The highest BCUT2D eigenvalue weighted by Gasteiger charge is 2.39. The van der Waals surface area contributed by atoms with Gasteiger partial charge in [0, 0.05) is 51.1 Å². The molecule has 1 aliphatic carbocycles. The van der Waals surface area contributed by atoms with E-state index in [0.717, 1.165) is 29.7 Å². The van der Waals surface area contributed by atoms with E-state index in [1.165, 1.54) is 17.1 Å². The topological polar surface area (TPSA) is 122 Å². The van der Waals surface area contributed by atoms with Crippen LogP contribution in [-0.2, 0) is 11.3 Å². The van der Waals surface area contributed by atoms with Gasteiger partial charge in [0.1, 0.15) is 11.7 Å². The Morgan fingerprint density at radius 3 is 2.50 bits per heavy atom. The zero-order valence-corrected chi connectivity index (χ0v) is 21.5. The van der Waals surface area contributed by atoms with Crippen LogP contribution in [0.4, 0.5) is 5.95 Å². The van der Waals surface area contributed by atoms with Gasteiger partial charge in [-0.2, -0.15) is 5.10 Å². The van der Waals surface area contributed by atoms with Gasteiger partial charge in [-0.3, -0.25) is 14.2 Å². The first-order valence-corrected chi connectivity index (χ1v) is 12.9. The lowest BCUT2D eigenvalue weighted by Crippen LogP contribution is -2.50. The summed E-state index contributed by atoms with van der Waals surface area (Å²) < 4.78 is 3.09. The normalized spacial score (nSPS) is 17.1. The summed E-state index contributed by atoms with van der Waals surface area (Å²) in [6.07, 6.45) is 9.34. The minimum absolute atomic E-state index is 0.129. The number of hydrogen-bond acceptors (Lipinski definition) is 8. The summed E-state index contributed by atoms with van der Waals surface area (Å²) >= 11 is 0. The van der Waals surface area contributed by atoms with Gasteiger partial charge in [-0.15, -0.1) is 0 Å². The minimum Gasteiger partial charge on any atom is -0.388 e. The fourth-order valence-corrected chi connectivity index (χ4v) is 4.98. The van der Waals surface area contributed by atoms with E-state index in [1.807, 2.05) is 48.2 Å². The molecule has 4 aromatic rings. The monoisotopic (exact) mass is 514 g/mol. The van der Waals surface area contributed by atoms with Gasteiger partial charge in [0.25, 0.3) is 5.56 Å². The van der Waals surface area contributed by atoms with Gasteiger partial charge >= 0.3 is 0 Å². The third-order valence-electron chi connectivity index (χ3n) is 7.41. The zero-order chi connectivity index (χ0) is 26.4. The van der Waals surface area contributed by atoms with E-state index in [4.69, 9.17) is 0 Å². The van der Waals surface area contributed by atoms with Crippen molar-refractivity contribution in [3.8, 4) is 16.8 Å². The van der Waals surface area contributed by atoms with Crippen molar-refractivity contribution in [2.75, 3.05) is 32.1 Å². The molecule has 0 unspecified atom stereocenters. The summed E-state index contributed by atoms with van der Waals surface area (Å²) in [5, 5.41) is 16.0. The van der Waals surface area contributed by atoms with Crippen LogP contribution in [0.25, 0.3) is 27.8 Å². The molecule has 1 saturated heterocycles. The van der Waals surface area contributed by atoms with Gasteiger partial charge in [-0.1, -0.05) is 12.1 Å². The van der Waals surface area contributed by atoms with E-state index in [2.05, 4.69) is 20.1 Å². The molecule has 1 aromatic carbocycles. The fraction of sp³-hybridized carbons (Fsp3) is 0.407. The maximum absolute atomic E-state index is 13.3. The SMILES string of the molecule is CN(C)c1ncc(-c2cccc(-n3ncc4c(=O)n(CC5(O)CCN(C(=O)C6CC6)CC5)cnc43)c2)cn1. The average Bonchev–Trinajstić information content (AvgIpc) is 3.69. The summed E-state index contributed by atoms with van der Waals surface area (Å²) in [7, 11) is 3.78. The number of hydrogen-bond donors (Lipinski definition) is 1. The van der Waals surface area contributed by atoms with Crippen molar-refractivity contribution < 1.29 is 9.90 Å². The second kappa shape index (κ2) is 9.32. The molecule has 196 valence electrons. The second-order valence-corrected chi connectivity index (χ2v) is 10.5. The molecular weight excluding hydrogens is 484 g/mol. The smallest absolute Gasteiger partial charge is 0.264 e. The van der Waals surface area contributed by atoms with E-state index < -0.39 is 5.60 Å². The molecule has 1 N–H and O–H groups in total. The molecule has 6 rings (SSSR count). The molecule has 0 radical (unpaired) electrons. The van der Waals surface area contributed by atoms with Gasteiger partial charge in [0.2, 0.25) is 11.9 Å². The Bertz CT molecular complexity index is 1550. The number of likely N-dealkylation sites (tertiary alicyclic amines) is 1. The number of anilines is 1. The van der Waals surface area contributed by atoms with Crippen molar-refractivity contribution in [1.29, 1.82) is 0 Å². The molecule has 4 heterocycles. The zero-order valence-electron chi connectivity index (χ0n) is 21.5. The molecule has 0 spiro atoms. The van der Waals surface area contributed by atoms with Crippen molar-refractivity contribution in [1.82, 2.24) is 34.2 Å². The number of amides is 1. The molecular formula is C27H30N8O3. The lowest BCUT2D eigenvalue weighted by molar-refractivity contribution is -0.137. The maximum Gasteiger partial charge on any atom is 0.264 e. The number of piperidine rings is 1. The Hall–Kier alpha value is -4.12. The number of fused-ring (bicyclic) bond motifs is 1. The number of aliphatic hydroxyl groups is 1. The summed E-state index contributed by atoms with van der Waals surface area (Å²) in [6, 6.07) is 7.73. The van der Waals surface area contributed by atoms with Crippen LogP contribution >= 0.6 is 0 Å². The predicted octanol–water partition coefficient (Wildman–Crippen LogP) is 1.87. The van der Waals surface area contributed by atoms with E-state index in [1.54, 1.807) is 17.1 Å². The van der Waals surface area contributed by atoms with Crippen LogP contribution in [-0.4, -0.2) is 78.0 Å². The maximum atomic E-state index is 13.3. The Kier molecular flexibility index (Phi) is 5.94. The van der Waals surface area contributed by atoms with Crippen molar-refractivity contribution in [3.63, 3.8) is 0 Å². The number of nitrogens with zero attached hydrogens (tertiary/aromatic N) is 8. The Morgan fingerprint density at radius 2 is 1.82 bits per heavy atom. The molecule has 2 fully saturated rings. The lowest BCUT2D eigenvalue weighted by Gasteiger charge is -2.38. The molecule has 1 aliphatic heterocycles. The predicted molar refractivity (Wildman–Crippen MR) is 142 cm³/mol. The summed E-state index contributed by atoms with van der Waals surface area (Å²) in [4.78, 5) is 42.7.